The van der Waals surface area contributed by atoms with Gasteiger partial charge < -0.3 is 14.2 Å². The van der Waals surface area contributed by atoms with Gasteiger partial charge in [0.1, 0.15) is 0 Å². The van der Waals surface area contributed by atoms with Crippen LogP contribution in [0.15, 0.2) is 35.7 Å². The Kier molecular flexibility index (Phi) is 7.06. The van der Waals surface area contributed by atoms with Gasteiger partial charge in [0, 0.05) is 13.2 Å². The van der Waals surface area contributed by atoms with Crippen molar-refractivity contribution in [2.45, 2.75) is 38.7 Å². The molecule has 1 fully saturated rings. The Bertz CT molecular complexity index is 1060. The van der Waals surface area contributed by atoms with Crippen LogP contribution in [-0.2, 0) is 24.5 Å². The summed E-state index contributed by atoms with van der Waals surface area (Å²) in [6.07, 6.45) is 2.37. The van der Waals surface area contributed by atoms with Gasteiger partial charge in [-0.1, -0.05) is 12.1 Å². The van der Waals surface area contributed by atoms with Crippen LogP contribution in [0.2, 0.25) is 0 Å². The molecule has 4 rings (SSSR count). The Morgan fingerprint density at radius 3 is 2.77 bits per heavy atom. The molecule has 2 aromatic heterocycles. The lowest BCUT2D eigenvalue weighted by atomic mass is 10.2. The minimum Gasteiger partial charge on any atom is -0.493 e. The first-order valence-corrected chi connectivity index (χ1v) is 11.6. The van der Waals surface area contributed by atoms with Gasteiger partial charge in [-0.05, 0) is 61.2 Å². The van der Waals surface area contributed by atoms with Crippen molar-refractivity contribution in [2.75, 3.05) is 27.9 Å². The lowest BCUT2D eigenvalue weighted by Gasteiger charge is -2.17. The maximum Gasteiger partial charge on any atom is 0.199 e. The molecule has 1 aliphatic rings. The largest absolute Gasteiger partial charge is 0.493 e. The second-order valence-electron chi connectivity index (χ2n) is 7.67. The minimum absolute atomic E-state index is 0.201. The van der Waals surface area contributed by atoms with Crippen molar-refractivity contribution < 1.29 is 14.2 Å². The van der Waals surface area contributed by atoms with Gasteiger partial charge >= 0.3 is 0 Å². The summed E-state index contributed by atoms with van der Waals surface area (Å²) in [5.41, 5.74) is 1.13. The zero-order valence-corrected chi connectivity index (χ0v) is 19.7. The molecule has 31 heavy (non-hydrogen) atoms. The molecule has 1 aliphatic heterocycles. The van der Waals surface area contributed by atoms with Crippen LogP contribution in [0.1, 0.15) is 18.4 Å². The van der Waals surface area contributed by atoms with Gasteiger partial charge in [-0.2, -0.15) is 0 Å². The second kappa shape index (κ2) is 9.95. The van der Waals surface area contributed by atoms with Crippen molar-refractivity contribution in [3.63, 3.8) is 0 Å². The third kappa shape index (κ3) is 5.01. The molecule has 0 saturated carbocycles. The van der Waals surface area contributed by atoms with E-state index in [0.717, 1.165) is 65.1 Å². The van der Waals surface area contributed by atoms with E-state index in [9.17, 15) is 0 Å². The van der Waals surface area contributed by atoms with E-state index in [1.807, 2.05) is 28.9 Å². The topological polar surface area (TPSA) is 53.7 Å². The summed E-state index contributed by atoms with van der Waals surface area (Å²) in [6.45, 7) is 2.89. The van der Waals surface area contributed by atoms with E-state index in [1.165, 1.54) is 0 Å². The van der Waals surface area contributed by atoms with Crippen LogP contribution < -0.4 is 9.47 Å². The summed E-state index contributed by atoms with van der Waals surface area (Å²) in [4.78, 5) is 3.30. The van der Waals surface area contributed by atoms with Crippen LogP contribution >= 0.6 is 23.6 Å². The number of nitrogens with zero attached hydrogens (tertiary/aromatic N) is 4. The summed E-state index contributed by atoms with van der Waals surface area (Å²) >= 11 is 7.50. The molecule has 3 aromatic rings. The Labute approximate surface area is 191 Å². The minimum atomic E-state index is 0.201. The number of benzene rings is 1. The van der Waals surface area contributed by atoms with Crippen molar-refractivity contribution in [1.82, 2.24) is 19.2 Å². The van der Waals surface area contributed by atoms with Crippen molar-refractivity contribution in [3.8, 4) is 22.2 Å². The highest BCUT2D eigenvalue weighted by Crippen LogP contribution is 2.28. The van der Waals surface area contributed by atoms with E-state index in [-0.39, 0.29) is 6.10 Å². The molecule has 1 saturated heterocycles. The van der Waals surface area contributed by atoms with E-state index < -0.39 is 0 Å². The van der Waals surface area contributed by atoms with Gasteiger partial charge in [-0.15, -0.1) is 16.4 Å². The lowest BCUT2D eigenvalue weighted by Crippen LogP contribution is -2.23. The quantitative estimate of drug-likeness (QED) is 0.441. The van der Waals surface area contributed by atoms with E-state index in [1.54, 1.807) is 25.6 Å². The molecule has 3 heterocycles. The van der Waals surface area contributed by atoms with E-state index in [2.05, 4.69) is 28.0 Å². The average molecular weight is 461 g/mol. The van der Waals surface area contributed by atoms with E-state index >= 15 is 0 Å². The molecule has 0 radical (unpaired) electrons. The van der Waals surface area contributed by atoms with Crippen molar-refractivity contribution in [2.24, 2.45) is 0 Å². The fourth-order valence-electron chi connectivity index (χ4n) is 3.85. The standard InChI is InChI=1S/C22H28N4O3S2/c1-24(13-16-8-9-18(27-2)19(12-16)28-3)15-26-22(30)25(14-17-6-4-10-29-17)21(23-26)20-7-5-11-31-20/h5,7-9,11-12,17H,4,6,10,13-15H2,1-3H3. The zero-order chi connectivity index (χ0) is 21.8. The highest BCUT2D eigenvalue weighted by Gasteiger charge is 2.21. The molecular weight excluding hydrogens is 432 g/mol. The molecule has 0 amide bonds. The number of thiophene rings is 1. The third-order valence-electron chi connectivity index (χ3n) is 5.35. The number of aromatic nitrogens is 3. The number of methoxy groups -OCH3 is 2. The molecule has 0 bridgehead atoms. The number of rotatable bonds is 9. The van der Waals surface area contributed by atoms with Crippen LogP contribution in [-0.4, -0.2) is 53.2 Å². The monoisotopic (exact) mass is 460 g/mol. The highest BCUT2D eigenvalue weighted by molar-refractivity contribution is 7.71. The number of ether oxygens (including phenoxy) is 3. The van der Waals surface area contributed by atoms with Gasteiger partial charge in [0.25, 0.3) is 0 Å². The van der Waals surface area contributed by atoms with E-state index in [4.69, 9.17) is 31.5 Å². The van der Waals surface area contributed by atoms with Gasteiger partial charge in [-0.3, -0.25) is 9.47 Å². The average Bonchev–Trinajstić information content (AvgIpc) is 3.53. The predicted molar refractivity (Wildman–Crippen MR) is 124 cm³/mol. The fourth-order valence-corrected chi connectivity index (χ4v) is 4.82. The van der Waals surface area contributed by atoms with Crippen molar-refractivity contribution in [3.05, 3.63) is 46.0 Å². The Balaban J connectivity index is 1.54. The summed E-state index contributed by atoms with van der Waals surface area (Å²) in [7, 11) is 5.35. The molecular formula is C22H28N4O3S2. The van der Waals surface area contributed by atoms with Crippen LogP contribution in [0.25, 0.3) is 10.7 Å². The molecule has 1 atom stereocenters. The maximum atomic E-state index is 5.86. The summed E-state index contributed by atoms with van der Waals surface area (Å²) in [6, 6.07) is 10.1. The van der Waals surface area contributed by atoms with Crippen LogP contribution in [0.4, 0.5) is 0 Å². The smallest absolute Gasteiger partial charge is 0.199 e. The van der Waals surface area contributed by atoms with Crippen molar-refractivity contribution >= 4 is 23.6 Å². The number of hydrogen-bond acceptors (Lipinski definition) is 7. The van der Waals surface area contributed by atoms with Gasteiger partial charge in [0.2, 0.25) is 0 Å². The summed E-state index contributed by atoms with van der Waals surface area (Å²) in [5.74, 6) is 2.37. The lowest BCUT2D eigenvalue weighted by molar-refractivity contribution is 0.0967. The first-order chi connectivity index (χ1) is 15.1. The molecule has 7 nitrogen and oxygen atoms in total. The highest BCUT2D eigenvalue weighted by atomic mass is 32.1. The molecule has 0 spiro atoms. The van der Waals surface area contributed by atoms with Crippen LogP contribution in [0, 0.1) is 4.77 Å². The predicted octanol–water partition coefficient (Wildman–Crippen LogP) is 4.43. The Morgan fingerprint density at radius 2 is 2.10 bits per heavy atom. The second-order valence-corrected chi connectivity index (χ2v) is 8.99. The van der Waals surface area contributed by atoms with Crippen molar-refractivity contribution in [1.29, 1.82) is 0 Å². The fraction of sp³-hybridized carbons (Fsp3) is 0.455. The number of hydrogen-bond donors (Lipinski definition) is 0. The van der Waals surface area contributed by atoms with Gasteiger partial charge in [0.05, 0.1) is 38.4 Å². The summed E-state index contributed by atoms with van der Waals surface area (Å²) < 4.78 is 21.4. The Hall–Kier alpha value is -2.20. The SMILES string of the molecule is COc1ccc(CN(C)Cn2nc(-c3cccs3)n(CC3CCCO3)c2=S)cc1OC. The molecule has 1 aromatic carbocycles. The van der Waals surface area contributed by atoms with Gasteiger partial charge in [0.15, 0.2) is 22.1 Å². The molecule has 9 heteroatoms. The first kappa shape index (κ1) is 22.0. The van der Waals surface area contributed by atoms with Gasteiger partial charge in [-0.25, -0.2) is 4.68 Å². The maximum absolute atomic E-state index is 5.86. The third-order valence-corrected chi connectivity index (χ3v) is 6.65. The van der Waals surface area contributed by atoms with E-state index in [0.29, 0.717) is 6.67 Å². The Morgan fingerprint density at radius 1 is 1.26 bits per heavy atom. The summed E-state index contributed by atoms with van der Waals surface area (Å²) in [5, 5.41) is 6.95. The molecule has 0 aliphatic carbocycles. The van der Waals surface area contributed by atoms with Crippen LogP contribution in [0.5, 0.6) is 11.5 Å². The normalized spacial score (nSPS) is 16.2. The zero-order valence-electron chi connectivity index (χ0n) is 18.1. The molecule has 1 unspecified atom stereocenters. The van der Waals surface area contributed by atoms with Crippen LogP contribution in [0.3, 0.4) is 0 Å². The molecule has 0 N–H and O–H groups in total. The molecule has 166 valence electrons. The first-order valence-electron chi connectivity index (χ1n) is 10.3.